The summed E-state index contributed by atoms with van der Waals surface area (Å²) in [6.07, 6.45) is 2.20. The summed E-state index contributed by atoms with van der Waals surface area (Å²) in [6, 6.07) is 60.0. The lowest BCUT2D eigenvalue weighted by Crippen LogP contribution is -2.77. The molecule has 6 heteroatoms. The minimum absolute atomic E-state index is 0.570. The van der Waals surface area contributed by atoms with Gasteiger partial charge in [-0.2, -0.15) is 0 Å². The van der Waals surface area contributed by atoms with E-state index in [1.807, 2.05) is 91.1 Å². The molecule has 0 radical (unpaired) electrons. The molecule has 1 aliphatic heterocycles. The van der Waals surface area contributed by atoms with Crippen LogP contribution >= 0.6 is 0 Å². The van der Waals surface area contributed by atoms with Gasteiger partial charge in [-0.05, 0) is 80.4 Å². The minimum atomic E-state index is -3.06. The zero-order chi connectivity index (χ0) is 35.4. The van der Waals surface area contributed by atoms with Gasteiger partial charge < -0.3 is 4.42 Å². The van der Waals surface area contributed by atoms with Crippen LogP contribution in [0.25, 0.3) is 33.2 Å². The van der Waals surface area contributed by atoms with E-state index >= 15 is 4.39 Å². The van der Waals surface area contributed by atoms with Crippen LogP contribution in [0, 0.1) is 0 Å². The molecule has 3 aromatic heterocycles. The van der Waals surface area contributed by atoms with Crippen LogP contribution in [0.4, 0.5) is 21.6 Å². The maximum atomic E-state index is 17.1. The number of aromatic nitrogens is 2. The predicted octanol–water partition coefficient (Wildman–Crippen LogP) is 9.26. The summed E-state index contributed by atoms with van der Waals surface area (Å²) in [6.45, 7) is 0. The number of furan rings is 1. The zero-order valence-electron chi connectivity index (χ0n) is 28.6. The average Bonchev–Trinajstić information content (AvgIpc) is 3.60. The molecule has 1 aliphatic rings. The Kier molecular flexibility index (Phi) is 7.37. The van der Waals surface area contributed by atoms with Crippen molar-refractivity contribution in [1.29, 1.82) is 0 Å². The van der Waals surface area contributed by atoms with Crippen molar-refractivity contribution in [3.63, 3.8) is 0 Å². The summed E-state index contributed by atoms with van der Waals surface area (Å²) in [7, 11) is -3.06. The monoisotopic (exact) mass is 701 g/mol. The smallest absolute Gasteiger partial charge is 0.184 e. The first-order valence-electron chi connectivity index (χ1n) is 17.8. The second kappa shape index (κ2) is 12.5. The zero-order valence-corrected chi connectivity index (χ0v) is 29.6. The van der Waals surface area contributed by atoms with Crippen molar-refractivity contribution in [2.24, 2.45) is 0 Å². The van der Waals surface area contributed by atoms with Gasteiger partial charge in [-0.25, -0.2) is 9.37 Å². The lowest BCUT2D eigenvalue weighted by atomic mass is 9.99. The Bertz CT molecular complexity index is 2720. The Hall–Kier alpha value is -6.63. The molecule has 0 saturated carbocycles. The summed E-state index contributed by atoms with van der Waals surface area (Å²) in [5, 5.41) is 7.02. The molecule has 4 nitrogen and oxygen atoms in total. The highest BCUT2D eigenvalue weighted by Crippen LogP contribution is 2.42. The highest BCUT2D eigenvalue weighted by Gasteiger charge is 2.49. The number of rotatable bonds is 6. The number of para-hydroxylation sites is 1. The van der Waals surface area contributed by atoms with Crippen molar-refractivity contribution in [3.8, 4) is 11.3 Å². The highest BCUT2D eigenvalue weighted by atomic mass is 28.3. The van der Waals surface area contributed by atoms with E-state index < -0.39 is 14.2 Å². The third-order valence-electron chi connectivity index (χ3n) is 10.5. The molecule has 0 N–H and O–H groups in total. The van der Waals surface area contributed by atoms with Gasteiger partial charge >= 0.3 is 0 Å². The molecule has 4 heterocycles. The third kappa shape index (κ3) is 4.94. The molecule has 0 amide bonds. The first-order chi connectivity index (χ1) is 26.2. The van der Waals surface area contributed by atoms with Gasteiger partial charge in [0.15, 0.2) is 14.2 Å². The molecule has 0 saturated heterocycles. The van der Waals surface area contributed by atoms with E-state index in [0.29, 0.717) is 11.1 Å². The van der Waals surface area contributed by atoms with Gasteiger partial charge in [0.2, 0.25) is 0 Å². The Morgan fingerprint density at radius 2 is 1.19 bits per heavy atom. The Morgan fingerprint density at radius 1 is 0.509 bits per heavy atom. The van der Waals surface area contributed by atoms with E-state index in [1.54, 1.807) is 6.20 Å². The number of hydrogen-bond acceptors (Lipinski definition) is 4. The van der Waals surface area contributed by atoms with Gasteiger partial charge in [0.25, 0.3) is 0 Å². The summed E-state index contributed by atoms with van der Waals surface area (Å²) in [5.74, 6) is 0.749. The van der Waals surface area contributed by atoms with Gasteiger partial charge in [-0.3, -0.25) is 9.88 Å². The number of alkyl halides is 1. The Labute approximate surface area is 307 Å². The van der Waals surface area contributed by atoms with E-state index in [2.05, 4.69) is 101 Å². The largest absolute Gasteiger partial charge is 0.456 e. The van der Waals surface area contributed by atoms with Crippen LogP contribution in [0.1, 0.15) is 17.3 Å². The summed E-state index contributed by atoms with van der Waals surface area (Å²) in [4.78, 5) is 11.6. The first kappa shape index (κ1) is 31.1. The van der Waals surface area contributed by atoms with Crippen LogP contribution in [0.3, 0.4) is 0 Å². The SMILES string of the molecule is FC(c1cccc(-c2ccccn2)c1)c1ccc2c(c1)N(c1ccccn1)c1cc3oc4ccccc4c3cc1[Si]2(c1ccccc1)c1ccccc1. The van der Waals surface area contributed by atoms with Crippen LogP contribution in [0.15, 0.2) is 193 Å². The number of halogens is 1. The van der Waals surface area contributed by atoms with E-state index in [4.69, 9.17) is 9.40 Å². The van der Waals surface area contributed by atoms with Gasteiger partial charge in [0.05, 0.1) is 11.4 Å². The summed E-state index contributed by atoms with van der Waals surface area (Å²) < 4.78 is 23.6. The molecule has 1 unspecified atom stereocenters. The lowest BCUT2D eigenvalue weighted by Gasteiger charge is -2.45. The molecule has 0 aliphatic carbocycles. The second-order valence-corrected chi connectivity index (χ2v) is 17.2. The molecule has 0 bridgehead atoms. The number of anilines is 3. The van der Waals surface area contributed by atoms with Crippen molar-refractivity contribution in [2.75, 3.05) is 4.90 Å². The van der Waals surface area contributed by atoms with Gasteiger partial charge in [-0.15, -0.1) is 0 Å². The van der Waals surface area contributed by atoms with E-state index in [-0.39, 0.29) is 0 Å². The Balaban J connectivity index is 1.28. The third-order valence-corrected chi connectivity index (χ3v) is 15.4. The fraction of sp³-hybridized carbons (Fsp3) is 0.0213. The number of hydrogen-bond donors (Lipinski definition) is 0. The fourth-order valence-corrected chi connectivity index (χ4v) is 13.3. The topological polar surface area (TPSA) is 42.2 Å². The van der Waals surface area contributed by atoms with E-state index in [1.165, 1.54) is 20.7 Å². The standard InChI is InChI=1S/C47H32FN3OSi/c48-47(33-15-13-14-32(28-33)39-21-9-11-26-49-39)34-24-25-44-40(29-34)51(46-23-10-12-27-50-46)41-31-43-38(37-20-7-8-22-42(37)52-43)30-45(41)53(44,35-16-3-1-4-17-35)36-18-5-2-6-19-36/h1-31,47H. The molecule has 10 rings (SSSR count). The van der Waals surface area contributed by atoms with Crippen LogP contribution in [0.2, 0.25) is 0 Å². The lowest BCUT2D eigenvalue weighted by molar-refractivity contribution is 0.402. The van der Waals surface area contributed by atoms with Crippen molar-refractivity contribution in [2.45, 2.75) is 6.17 Å². The van der Waals surface area contributed by atoms with Crippen LogP contribution in [-0.2, 0) is 0 Å². The van der Waals surface area contributed by atoms with Crippen molar-refractivity contribution < 1.29 is 8.81 Å². The summed E-state index contributed by atoms with van der Waals surface area (Å²) >= 11 is 0. The molecular formula is C47H32FN3OSi. The highest BCUT2D eigenvalue weighted by molar-refractivity contribution is 7.21. The maximum absolute atomic E-state index is 17.1. The molecule has 0 spiro atoms. The first-order valence-corrected chi connectivity index (χ1v) is 19.8. The number of benzene rings is 6. The van der Waals surface area contributed by atoms with E-state index in [0.717, 1.165) is 50.4 Å². The van der Waals surface area contributed by atoms with Gasteiger partial charge in [0, 0.05) is 40.5 Å². The number of nitrogens with zero attached hydrogens (tertiary/aromatic N) is 3. The number of fused-ring (bicyclic) bond motifs is 5. The molecular weight excluding hydrogens is 670 g/mol. The second-order valence-electron chi connectivity index (χ2n) is 13.4. The molecule has 1 atom stereocenters. The molecule has 0 fully saturated rings. The normalized spacial score (nSPS) is 13.8. The van der Waals surface area contributed by atoms with Crippen molar-refractivity contribution in [1.82, 2.24) is 9.97 Å². The quantitative estimate of drug-likeness (QED) is 0.162. The van der Waals surface area contributed by atoms with Crippen LogP contribution < -0.4 is 25.6 Å². The van der Waals surface area contributed by atoms with Crippen LogP contribution in [0.5, 0.6) is 0 Å². The Morgan fingerprint density at radius 3 is 1.92 bits per heavy atom. The maximum Gasteiger partial charge on any atom is 0.184 e. The molecule has 252 valence electrons. The van der Waals surface area contributed by atoms with Crippen LogP contribution in [-0.4, -0.2) is 18.0 Å². The van der Waals surface area contributed by atoms with Crippen molar-refractivity contribution >= 4 is 68.0 Å². The predicted molar refractivity (Wildman–Crippen MR) is 216 cm³/mol. The van der Waals surface area contributed by atoms with Gasteiger partial charge in [-0.1, -0.05) is 121 Å². The average molecular weight is 702 g/mol. The minimum Gasteiger partial charge on any atom is -0.456 e. The fourth-order valence-electron chi connectivity index (χ4n) is 8.21. The van der Waals surface area contributed by atoms with Crippen molar-refractivity contribution in [3.05, 3.63) is 199 Å². The van der Waals surface area contributed by atoms with E-state index in [9.17, 15) is 0 Å². The number of pyridine rings is 2. The molecule has 6 aromatic carbocycles. The molecule has 9 aromatic rings. The van der Waals surface area contributed by atoms with Gasteiger partial charge in [0.1, 0.15) is 17.0 Å². The molecule has 53 heavy (non-hydrogen) atoms. The summed E-state index contributed by atoms with van der Waals surface area (Å²) in [5.41, 5.74) is 6.36.